The molecule has 1 aliphatic rings. The number of aromatic nitrogens is 1. The quantitative estimate of drug-likeness (QED) is 0.880. The standard InChI is InChI=1S/C15H17N3OS.2ClH/c19-15(17-6-5-14-16-7-8-20-14)13-9-11-3-1-2-4-12(11)10-18-13;;/h1-4,7-8,13,18H,5-6,9-10H2,(H,17,19);2*1H. The van der Waals surface area contributed by atoms with E-state index in [0.29, 0.717) is 6.54 Å². The third-order valence-corrected chi connectivity index (χ3v) is 4.36. The van der Waals surface area contributed by atoms with Crippen LogP contribution in [0.4, 0.5) is 0 Å². The molecule has 0 saturated carbocycles. The second-order valence-corrected chi connectivity index (χ2v) is 5.85. The fraction of sp³-hybridized carbons (Fsp3) is 0.333. The smallest absolute Gasteiger partial charge is 0.237 e. The number of hydrogen-bond donors (Lipinski definition) is 2. The first-order chi connectivity index (χ1) is 9.83. The maximum atomic E-state index is 12.1. The van der Waals surface area contributed by atoms with E-state index in [9.17, 15) is 4.79 Å². The highest BCUT2D eigenvalue weighted by molar-refractivity contribution is 7.09. The van der Waals surface area contributed by atoms with Crippen molar-refractivity contribution in [3.63, 3.8) is 0 Å². The Balaban J connectivity index is 0.00000121. The summed E-state index contributed by atoms with van der Waals surface area (Å²) >= 11 is 1.62. The first kappa shape index (κ1) is 18.9. The first-order valence-corrected chi connectivity index (χ1v) is 7.67. The van der Waals surface area contributed by atoms with Crippen LogP contribution in [0.2, 0.25) is 0 Å². The van der Waals surface area contributed by atoms with Gasteiger partial charge in [0.05, 0.1) is 11.0 Å². The van der Waals surface area contributed by atoms with Crippen molar-refractivity contribution in [1.29, 1.82) is 0 Å². The van der Waals surface area contributed by atoms with E-state index in [1.807, 2.05) is 17.5 Å². The second kappa shape index (κ2) is 9.10. The molecule has 1 aromatic carbocycles. The third kappa shape index (κ3) is 4.68. The SMILES string of the molecule is Cl.Cl.O=C(NCCc1nccs1)C1Cc2ccccc2CN1. The van der Waals surface area contributed by atoms with Gasteiger partial charge in [0.25, 0.3) is 0 Å². The van der Waals surface area contributed by atoms with Gasteiger partial charge >= 0.3 is 0 Å². The van der Waals surface area contributed by atoms with Gasteiger partial charge < -0.3 is 10.6 Å². The van der Waals surface area contributed by atoms with Crippen LogP contribution in [0.1, 0.15) is 16.1 Å². The number of fused-ring (bicyclic) bond motifs is 1. The van der Waals surface area contributed by atoms with Crippen molar-refractivity contribution < 1.29 is 4.79 Å². The van der Waals surface area contributed by atoms with Gasteiger partial charge in [0.1, 0.15) is 0 Å². The molecule has 2 aromatic rings. The van der Waals surface area contributed by atoms with Crippen LogP contribution in [0.25, 0.3) is 0 Å². The summed E-state index contributed by atoms with van der Waals surface area (Å²) in [4.78, 5) is 16.4. The van der Waals surface area contributed by atoms with E-state index in [4.69, 9.17) is 0 Å². The summed E-state index contributed by atoms with van der Waals surface area (Å²) in [6, 6.07) is 8.16. The van der Waals surface area contributed by atoms with E-state index < -0.39 is 0 Å². The van der Waals surface area contributed by atoms with E-state index in [2.05, 4.69) is 27.8 Å². The number of hydrogen-bond acceptors (Lipinski definition) is 4. The van der Waals surface area contributed by atoms with E-state index in [1.165, 1.54) is 11.1 Å². The molecule has 120 valence electrons. The molecule has 22 heavy (non-hydrogen) atoms. The van der Waals surface area contributed by atoms with Crippen LogP contribution in [0.5, 0.6) is 0 Å². The van der Waals surface area contributed by atoms with Gasteiger partial charge in [-0.1, -0.05) is 24.3 Å². The van der Waals surface area contributed by atoms with Crippen LogP contribution in [-0.4, -0.2) is 23.5 Å². The number of carbonyl (C=O) groups is 1. The lowest BCUT2D eigenvalue weighted by Crippen LogP contribution is -2.48. The number of halogens is 2. The summed E-state index contributed by atoms with van der Waals surface area (Å²) in [5, 5.41) is 9.30. The van der Waals surface area contributed by atoms with Gasteiger partial charge in [-0.2, -0.15) is 0 Å². The lowest BCUT2D eigenvalue weighted by Gasteiger charge is -2.25. The van der Waals surface area contributed by atoms with E-state index in [-0.39, 0.29) is 36.8 Å². The molecule has 7 heteroatoms. The molecular formula is C15H19Cl2N3OS. The fourth-order valence-electron chi connectivity index (χ4n) is 2.43. The largest absolute Gasteiger partial charge is 0.354 e. The first-order valence-electron chi connectivity index (χ1n) is 6.79. The van der Waals surface area contributed by atoms with Crippen LogP contribution in [0.3, 0.4) is 0 Å². The summed E-state index contributed by atoms with van der Waals surface area (Å²) in [6.45, 7) is 1.41. The molecule has 3 rings (SSSR count). The van der Waals surface area contributed by atoms with Crippen LogP contribution in [0, 0.1) is 0 Å². The molecule has 1 amide bonds. The van der Waals surface area contributed by atoms with Crippen LogP contribution >= 0.6 is 36.2 Å². The average molecular weight is 360 g/mol. The topological polar surface area (TPSA) is 54.0 Å². The van der Waals surface area contributed by atoms with E-state index >= 15 is 0 Å². The molecular weight excluding hydrogens is 341 g/mol. The summed E-state index contributed by atoms with van der Waals surface area (Å²) in [5.41, 5.74) is 2.56. The number of thiazole rings is 1. The minimum absolute atomic E-state index is 0. The highest BCUT2D eigenvalue weighted by atomic mass is 35.5. The third-order valence-electron chi connectivity index (χ3n) is 3.52. The van der Waals surface area contributed by atoms with Gasteiger partial charge in [0.15, 0.2) is 0 Å². The molecule has 1 aromatic heterocycles. The second-order valence-electron chi connectivity index (χ2n) is 4.87. The Labute approximate surface area is 146 Å². The van der Waals surface area contributed by atoms with Crippen LogP contribution in [0.15, 0.2) is 35.8 Å². The lowest BCUT2D eigenvalue weighted by molar-refractivity contribution is -0.123. The molecule has 1 aliphatic heterocycles. The van der Waals surface area contributed by atoms with Crippen molar-refractivity contribution in [3.05, 3.63) is 52.0 Å². The minimum Gasteiger partial charge on any atom is -0.354 e. The van der Waals surface area contributed by atoms with Gasteiger partial charge in [-0.05, 0) is 17.5 Å². The lowest BCUT2D eigenvalue weighted by atomic mass is 9.95. The monoisotopic (exact) mass is 359 g/mol. The molecule has 0 radical (unpaired) electrons. The predicted molar refractivity (Wildman–Crippen MR) is 94.1 cm³/mol. The number of nitrogens with one attached hydrogen (secondary N) is 2. The number of benzene rings is 1. The van der Waals surface area contributed by atoms with Crippen molar-refractivity contribution in [2.24, 2.45) is 0 Å². The Kier molecular flexibility index (Phi) is 7.82. The zero-order valence-corrected chi connectivity index (χ0v) is 14.4. The summed E-state index contributed by atoms with van der Waals surface area (Å²) < 4.78 is 0. The molecule has 0 saturated heterocycles. The van der Waals surface area contributed by atoms with Gasteiger partial charge in [-0.15, -0.1) is 36.2 Å². The maximum Gasteiger partial charge on any atom is 0.237 e. The number of rotatable bonds is 4. The molecule has 4 nitrogen and oxygen atoms in total. The Hall–Kier alpha value is -1.14. The zero-order valence-electron chi connectivity index (χ0n) is 12.0. The molecule has 1 atom stereocenters. The number of nitrogens with zero attached hydrogens (tertiary/aromatic N) is 1. The van der Waals surface area contributed by atoms with E-state index in [0.717, 1.165) is 24.4 Å². The predicted octanol–water partition coefficient (Wildman–Crippen LogP) is 2.36. The van der Waals surface area contributed by atoms with Crippen LogP contribution < -0.4 is 10.6 Å². The van der Waals surface area contributed by atoms with Gasteiger partial charge in [0.2, 0.25) is 5.91 Å². The van der Waals surface area contributed by atoms with E-state index in [1.54, 1.807) is 17.5 Å². The van der Waals surface area contributed by atoms with Gasteiger partial charge in [0, 0.05) is 31.1 Å². The molecule has 0 fully saturated rings. The number of carbonyl (C=O) groups excluding carboxylic acids is 1. The maximum absolute atomic E-state index is 12.1. The normalized spacial score (nSPS) is 15.9. The fourth-order valence-corrected chi connectivity index (χ4v) is 3.05. The van der Waals surface area contributed by atoms with Crippen molar-refractivity contribution in [1.82, 2.24) is 15.6 Å². The molecule has 2 heterocycles. The van der Waals surface area contributed by atoms with Crippen molar-refractivity contribution in [2.45, 2.75) is 25.4 Å². The summed E-state index contributed by atoms with van der Waals surface area (Å²) in [5.74, 6) is 0.0797. The van der Waals surface area contributed by atoms with Crippen molar-refractivity contribution >= 4 is 42.1 Å². The molecule has 1 unspecified atom stereocenters. The highest BCUT2D eigenvalue weighted by Gasteiger charge is 2.23. The molecule has 0 bridgehead atoms. The Bertz CT molecular complexity index is 592. The minimum atomic E-state index is -0.124. The van der Waals surface area contributed by atoms with Crippen LogP contribution in [-0.2, 0) is 24.2 Å². The highest BCUT2D eigenvalue weighted by Crippen LogP contribution is 2.16. The molecule has 2 N–H and O–H groups in total. The summed E-state index contributed by atoms with van der Waals surface area (Å²) in [6.07, 6.45) is 3.35. The van der Waals surface area contributed by atoms with Gasteiger partial charge in [-0.25, -0.2) is 4.98 Å². The zero-order chi connectivity index (χ0) is 13.8. The van der Waals surface area contributed by atoms with Crippen molar-refractivity contribution in [3.8, 4) is 0 Å². The Morgan fingerprint density at radius 2 is 2.09 bits per heavy atom. The number of amides is 1. The van der Waals surface area contributed by atoms with Gasteiger partial charge in [-0.3, -0.25) is 4.79 Å². The molecule has 0 aliphatic carbocycles. The average Bonchev–Trinajstić information content (AvgIpc) is 3.00. The molecule has 0 spiro atoms. The Morgan fingerprint density at radius 1 is 1.32 bits per heavy atom. The van der Waals surface area contributed by atoms with Crippen molar-refractivity contribution in [2.75, 3.05) is 6.54 Å². The Morgan fingerprint density at radius 3 is 2.82 bits per heavy atom. The summed E-state index contributed by atoms with van der Waals surface area (Å²) in [7, 11) is 0.